The van der Waals surface area contributed by atoms with Gasteiger partial charge in [0, 0.05) is 30.3 Å². The van der Waals surface area contributed by atoms with Gasteiger partial charge in [-0.3, -0.25) is 14.8 Å². The highest BCUT2D eigenvalue weighted by atomic mass is 32.1. The van der Waals surface area contributed by atoms with E-state index in [-0.39, 0.29) is 23.1 Å². The van der Waals surface area contributed by atoms with Crippen molar-refractivity contribution in [3.63, 3.8) is 0 Å². The Morgan fingerprint density at radius 3 is 2.81 bits per heavy atom. The van der Waals surface area contributed by atoms with Crippen molar-refractivity contribution in [1.82, 2.24) is 9.97 Å². The van der Waals surface area contributed by atoms with E-state index in [4.69, 9.17) is 4.74 Å². The maximum atomic E-state index is 11.3. The summed E-state index contributed by atoms with van der Waals surface area (Å²) in [7, 11) is 0. The van der Waals surface area contributed by atoms with Crippen LogP contribution in [0, 0.1) is 0 Å². The largest absolute Gasteiger partial charge is 0.452 e. The fourth-order valence-electron chi connectivity index (χ4n) is 1.18. The van der Waals surface area contributed by atoms with Crippen LogP contribution >= 0.6 is 25.3 Å². The third kappa shape index (κ3) is 5.37. The lowest BCUT2D eigenvalue weighted by Crippen LogP contribution is -2.16. The van der Waals surface area contributed by atoms with Gasteiger partial charge in [-0.2, -0.15) is 12.6 Å². The number of esters is 1. The first-order chi connectivity index (χ1) is 7.58. The van der Waals surface area contributed by atoms with Crippen LogP contribution in [-0.4, -0.2) is 26.6 Å². The first-order valence-electron chi connectivity index (χ1n) is 4.88. The van der Waals surface area contributed by atoms with Crippen molar-refractivity contribution in [2.75, 3.05) is 0 Å². The number of rotatable bonds is 5. The van der Waals surface area contributed by atoms with E-state index >= 15 is 0 Å². The Hall–Kier alpha value is -0.750. The highest BCUT2D eigenvalue weighted by Crippen LogP contribution is 2.10. The summed E-state index contributed by atoms with van der Waals surface area (Å²) in [5, 5.41) is -0.115. The van der Waals surface area contributed by atoms with E-state index < -0.39 is 0 Å². The van der Waals surface area contributed by atoms with Gasteiger partial charge in [0.25, 0.3) is 0 Å². The number of hydrogen-bond donors (Lipinski definition) is 2. The minimum atomic E-state index is -0.385. The molecule has 0 fully saturated rings. The quantitative estimate of drug-likeness (QED) is 0.478. The molecule has 0 spiro atoms. The highest BCUT2D eigenvalue weighted by Gasteiger charge is 2.13. The Morgan fingerprint density at radius 2 is 2.25 bits per heavy atom. The van der Waals surface area contributed by atoms with Crippen LogP contribution in [0.5, 0.6) is 0 Å². The Bertz CT molecular complexity index is 333. The van der Waals surface area contributed by atoms with Gasteiger partial charge in [0.2, 0.25) is 0 Å². The lowest BCUT2D eigenvalue weighted by atomic mass is 10.2. The SMILES string of the molecule is CC(S)OC(=O)CC(S)Cc1cnccn1. The molecule has 4 nitrogen and oxygen atoms in total. The monoisotopic (exact) mass is 258 g/mol. The van der Waals surface area contributed by atoms with Crippen molar-refractivity contribution in [2.45, 2.75) is 30.5 Å². The first kappa shape index (κ1) is 13.3. The van der Waals surface area contributed by atoms with Crippen molar-refractivity contribution in [3.8, 4) is 0 Å². The van der Waals surface area contributed by atoms with E-state index in [0.717, 1.165) is 5.69 Å². The fraction of sp³-hybridized carbons (Fsp3) is 0.500. The van der Waals surface area contributed by atoms with Crippen molar-refractivity contribution in [2.24, 2.45) is 0 Å². The smallest absolute Gasteiger partial charge is 0.308 e. The number of carbonyl (C=O) groups is 1. The Labute approximate surface area is 106 Å². The van der Waals surface area contributed by atoms with E-state index in [0.29, 0.717) is 6.42 Å². The number of aromatic nitrogens is 2. The van der Waals surface area contributed by atoms with Crippen molar-refractivity contribution in [1.29, 1.82) is 0 Å². The molecule has 2 unspecified atom stereocenters. The van der Waals surface area contributed by atoms with Gasteiger partial charge in [0.05, 0.1) is 12.1 Å². The Morgan fingerprint density at radius 1 is 1.50 bits per heavy atom. The summed E-state index contributed by atoms with van der Waals surface area (Å²) < 4.78 is 4.90. The molecule has 1 aromatic rings. The Balaban J connectivity index is 2.36. The maximum Gasteiger partial charge on any atom is 0.308 e. The molecule has 1 rings (SSSR count). The molecule has 16 heavy (non-hydrogen) atoms. The number of hydrogen-bond acceptors (Lipinski definition) is 6. The molecule has 0 aliphatic carbocycles. The normalized spacial score (nSPS) is 14.2. The van der Waals surface area contributed by atoms with Crippen LogP contribution in [0.15, 0.2) is 18.6 Å². The van der Waals surface area contributed by atoms with Gasteiger partial charge >= 0.3 is 5.97 Å². The van der Waals surface area contributed by atoms with Crippen LogP contribution in [0.1, 0.15) is 19.0 Å². The second-order valence-electron chi connectivity index (χ2n) is 3.35. The van der Waals surface area contributed by atoms with Gasteiger partial charge in [-0.1, -0.05) is 0 Å². The van der Waals surface area contributed by atoms with E-state index in [1.165, 1.54) is 0 Å². The summed E-state index contributed by atoms with van der Waals surface area (Å²) in [5.41, 5.74) is 0.429. The standard InChI is InChI=1S/C10H14N2O2S2/c1-7(15)14-10(13)5-9(16)4-8-6-11-2-3-12-8/h2-3,6-7,9,15-16H,4-5H2,1H3. The third-order valence-corrected chi connectivity index (χ3v) is 2.24. The molecule has 0 aromatic carbocycles. The summed E-state index contributed by atoms with van der Waals surface area (Å²) >= 11 is 8.28. The minimum Gasteiger partial charge on any atom is -0.452 e. The molecule has 88 valence electrons. The van der Waals surface area contributed by atoms with Crippen LogP contribution in [-0.2, 0) is 16.0 Å². The highest BCUT2D eigenvalue weighted by molar-refractivity contribution is 7.81. The zero-order valence-corrected chi connectivity index (χ0v) is 10.7. The molecule has 0 N–H and O–H groups in total. The van der Waals surface area contributed by atoms with Gasteiger partial charge in [0.15, 0.2) is 0 Å². The lowest BCUT2D eigenvalue weighted by molar-refractivity contribution is -0.144. The van der Waals surface area contributed by atoms with E-state index in [1.54, 1.807) is 25.5 Å². The predicted octanol–water partition coefficient (Wildman–Crippen LogP) is 1.53. The molecule has 0 bridgehead atoms. The van der Waals surface area contributed by atoms with Crippen LogP contribution in [0.4, 0.5) is 0 Å². The first-order valence-corrected chi connectivity index (χ1v) is 5.91. The van der Waals surface area contributed by atoms with Crippen molar-refractivity contribution in [3.05, 3.63) is 24.3 Å². The van der Waals surface area contributed by atoms with Gasteiger partial charge in [0.1, 0.15) is 5.44 Å². The summed E-state index contributed by atoms with van der Waals surface area (Å²) in [6, 6.07) is 0. The maximum absolute atomic E-state index is 11.3. The molecule has 1 heterocycles. The average Bonchev–Trinajstić information content (AvgIpc) is 2.17. The fourth-order valence-corrected chi connectivity index (χ4v) is 1.63. The molecule has 1 aromatic heterocycles. The van der Waals surface area contributed by atoms with Gasteiger partial charge < -0.3 is 4.74 Å². The average molecular weight is 258 g/mol. The summed E-state index contributed by atoms with van der Waals surface area (Å²) in [6.45, 7) is 1.69. The molecule has 2 atom stereocenters. The number of nitrogens with zero attached hydrogens (tertiary/aromatic N) is 2. The van der Waals surface area contributed by atoms with Crippen molar-refractivity contribution >= 4 is 31.2 Å². The summed E-state index contributed by atoms with van der Waals surface area (Å²) in [6.07, 6.45) is 5.71. The molecule has 0 aliphatic heterocycles. The summed E-state index contributed by atoms with van der Waals surface area (Å²) in [5.74, 6) is -0.300. The lowest BCUT2D eigenvalue weighted by Gasteiger charge is -2.11. The second kappa shape index (κ2) is 6.75. The van der Waals surface area contributed by atoms with Crippen molar-refractivity contribution < 1.29 is 9.53 Å². The number of carbonyl (C=O) groups excluding carboxylic acids is 1. The zero-order chi connectivity index (χ0) is 12.0. The minimum absolute atomic E-state index is 0.115. The molecular formula is C10H14N2O2S2. The topological polar surface area (TPSA) is 52.1 Å². The van der Waals surface area contributed by atoms with Crippen LogP contribution in [0.3, 0.4) is 0 Å². The Kier molecular flexibility index (Phi) is 5.62. The number of ether oxygens (including phenoxy) is 1. The predicted molar refractivity (Wildman–Crippen MR) is 67.7 cm³/mol. The molecule has 6 heteroatoms. The van der Waals surface area contributed by atoms with E-state index in [9.17, 15) is 4.79 Å². The molecule has 0 amide bonds. The third-order valence-electron chi connectivity index (χ3n) is 1.77. The molecule has 0 saturated heterocycles. The van der Waals surface area contributed by atoms with Crippen LogP contribution < -0.4 is 0 Å². The number of thiol groups is 2. The van der Waals surface area contributed by atoms with Gasteiger partial charge in [-0.15, -0.1) is 12.6 Å². The van der Waals surface area contributed by atoms with E-state index in [2.05, 4.69) is 35.2 Å². The summed E-state index contributed by atoms with van der Waals surface area (Å²) in [4.78, 5) is 19.3. The van der Waals surface area contributed by atoms with Crippen LogP contribution in [0.2, 0.25) is 0 Å². The van der Waals surface area contributed by atoms with Gasteiger partial charge in [-0.05, 0) is 6.92 Å². The van der Waals surface area contributed by atoms with Crippen LogP contribution in [0.25, 0.3) is 0 Å². The molecule has 0 radical (unpaired) electrons. The van der Waals surface area contributed by atoms with E-state index in [1.807, 2.05) is 0 Å². The zero-order valence-electron chi connectivity index (χ0n) is 8.91. The molecule has 0 saturated carbocycles. The molecule has 0 aliphatic rings. The molecular weight excluding hydrogens is 244 g/mol. The van der Waals surface area contributed by atoms with Gasteiger partial charge in [-0.25, -0.2) is 0 Å². The second-order valence-corrected chi connectivity index (χ2v) is 4.81.